The van der Waals surface area contributed by atoms with Gasteiger partial charge >= 0.3 is 0 Å². The highest BCUT2D eigenvalue weighted by molar-refractivity contribution is 6.04. The van der Waals surface area contributed by atoms with Crippen molar-refractivity contribution in [2.24, 2.45) is 0 Å². The standard InChI is InChI=1S/C58H42N2/c1-3-13-41(14-4-1)44-25-27-45(28-26-44)47-31-36-51(37-32-47)59(50-34-29-46(30-35-50)42-15-5-2-6-16-42)52-20-11-19-49(40-52)54-22-12-24-57-58(54)55-21-9-10-23-56(55)60(57)53-38-33-43-17-7-8-18-48(43)39-53/h1-9,11-22,24-40H,10,23H2. The minimum Gasteiger partial charge on any atom is -0.313 e. The minimum atomic E-state index is 1.01. The van der Waals surface area contributed by atoms with Crippen LogP contribution in [-0.2, 0) is 6.42 Å². The quantitative estimate of drug-likeness (QED) is 0.150. The first kappa shape index (κ1) is 35.5. The number of anilines is 3. The molecule has 0 unspecified atom stereocenters. The maximum absolute atomic E-state index is 2.51. The Morgan fingerprint density at radius 3 is 1.55 bits per heavy atom. The lowest BCUT2D eigenvalue weighted by atomic mass is 9.95. The molecule has 9 aromatic carbocycles. The summed E-state index contributed by atoms with van der Waals surface area (Å²) in [5.74, 6) is 0. The molecule has 0 N–H and O–H groups in total. The van der Waals surface area contributed by atoms with Crippen LogP contribution in [0.15, 0.2) is 224 Å². The second kappa shape index (κ2) is 15.2. The van der Waals surface area contributed by atoms with E-state index >= 15 is 0 Å². The Labute approximate surface area is 351 Å². The van der Waals surface area contributed by atoms with Gasteiger partial charge in [-0.15, -0.1) is 0 Å². The fraction of sp³-hybridized carbons (Fsp3) is 0.0345. The lowest BCUT2D eigenvalue weighted by Crippen LogP contribution is -2.10. The molecule has 1 aliphatic rings. The minimum absolute atomic E-state index is 1.01. The highest BCUT2D eigenvalue weighted by Crippen LogP contribution is 2.43. The number of hydrogen-bond donors (Lipinski definition) is 0. The van der Waals surface area contributed by atoms with Gasteiger partial charge in [0.25, 0.3) is 0 Å². The summed E-state index contributed by atoms with van der Waals surface area (Å²) in [4.78, 5) is 2.39. The molecule has 0 amide bonds. The fourth-order valence-corrected chi connectivity index (χ4v) is 9.10. The van der Waals surface area contributed by atoms with Gasteiger partial charge in [-0.2, -0.15) is 0 Å². The SMILES string of the molecule is C1=Cc2c(n(-c3ccc4ccccc4c3)c3cccc(-c4cccc(N(c5ccc(-c6ccccc6)cc5)c5ccc(-c6ccc(-c7ccccc7)cc6)cc5)c4)c23)CC1. The van der Waals surface area contributed by atoms with E-state index in [1.807, 2.05) is 0 Å². The Kier molecular flexibility index (Phi) is 9.02. The summed E-state index contributed by atoms with van der Waals surface area (Å²) < 4.78 is 2.51. The fourth-order valence-electron chi connectivity index (χ4n) is 9.10. The monoisotopic (exact) mass is 766 g/mol. The molecule has 0 spiro atoms. The second-order valence-electron chi connectivity index (χ2n) is 15.7. The van der Waals surface area contributed by atoms with Crippen molar-refractivity contribution >= 4 is 44.8 Å². The highest BCUT2D eigenvalue weighted by atomic mass is 15.1. The summed E-state index contributed by atoms with van der Waals surface area (Å²) in [6, 6.07) is 79.4. The average molecular weight is 767 g/mol. The number of nitrogens with zero attached hydrogens (tertiary/aromatic N) is 2. The summed E-state index contributed by atoms with van der Waals surface area (Å²) >= 11 is 0. The Balaban J connectivity index is 1.01. The zero-order valence-electron chi connectivity index (χ0n) is 33.2. The van der Waals surface area contributed by atoms with E-state index in [2.05, 4.69) is 240 Å². The van der Waals surface area contributed by atoms with Crippen LogP contribution in [-0.4, -0.2) is 4.57 Å². The van der Waals surface area contributed by atoms with Crippen molar-refractivity contribution in [2.75, 3.05) is 4.90 Å². The summed E-state index contributed by atoms with van der Waals surface area (Å²) in [5, 5.41) is 3.82. The van der Waals surface area contributed by atoms with Crippen LogP contribution in [0.25, 0.3) is 77.9 Å². The molecule has 2 nitrogen and oxygen atoms in total. The summed E-state index contributed by atoms with van der Waals surface area (Å²) in [5.41, 5.74) is 18.1. The van der Waals surface area contributed by atoms with Gasteiger partial charge in [0.2, 0.25) is 0 Å². The van der Waals surface area contributed by atoms with Gasteiger partial charge < -0.3 is 9.47 Å². The van der Waals surface area contributed by atoms with Crippen LogP contribution in [0.5, 0.6) is 0 Å². The lowest BCUT2D eigenvalue weighted by Gasteiger charge is -2.26. The molecule has 0 fully saturated rings. The van der Waals surface area contributed by atoms with Crippen molar-refractivity contribution in [3.8, 4) is 50.2 Å². The van der Waals surface area contributed by atoms with Gasteiger partial charge in [-0.1, -0.05) is 176 Å². The Hall–Kier alpha value is -7.68. The zero-order chi connectivity index (χ0) is 39.8. The molecule has 0 aliphatic heterocycles. The van der Waals surface area contributed by atoms with Gasteiger partial charge in [-0.05, 0) is 123 Å². The molecular weight excluding hydrogens is 725 g/mol. The zero-order valence-corrected chi connectivity index (χ0v) is 33.2. The van der Waals surface area contributed by atoms with Gasteiger partial charge in [0.15, 0.2) is 0 Å². The van der Waals surface area contributed by atoms with E-state index < -0.39 is 0 Å². The third-order valence-electron chi connectivity index (χ3n) is 12.1. The first-order chi connectivity index (χ1) is 29.7. The van der Waals surface area contributed by atoms with Gasteiger partial charge in [-0.25, -0.2) is 0 Å². The van der Waals surface area contributed by atoms with Crippen LogP contribution in [0.2, 0.25) is 0 Å². The molecule has 0 atom stereocenters. The molecule has 11 rings (SSSR count). The predicted octanol–water partition coefficient (Wildman–Crippen LogP) is 15.9. The van der Waals surface area contributed by atoms with E-state index in [1.54, 1.807) is 0 Å². The van der Waals surface area contributed by atoms with Crippen molar-refractivity contribution in [3.63, 3.8) is 0 Å². The van der Waals surface area contributed by atoms with Crippen LogP contribution in [0.1, 0.15) is 17.7 Å². The van der Waals surface area contributed by atoms with Gasteiger partial charge in [0.05, 0.1) is 5.52 Å². The van der Waals surface area contributed by atoms with E-state index in [0.29, 0.717) is 0 Å². The van der Waals surface area contributed by atoms with Crippen LogP contribution < -0.4 is 4.90 Å². The summed E-state index contributed by atoms with van der Waals surface area (Å²) in [6.07, 6.45) is 6.73. The summed E-state index contributed by atoms with van der Waals surface area (Å²) in [6.45, 7) is 0. The molecule has 1 heterocycles. The van der Waals surface area contributed by atoms with Crippen molar-refractivity contribution in [1.29, 1.82) is 0 Å². The molecule has 2 heteroatoms. The summed E-state index contributed by atoms with van der Waals surface area (Å²) in [7, 11) is 0. The largest absolute Gasteiger partial charge is 0.313 e. The van der Waals surface area contributed by atoms with Gasteiger partial charge in [-0.3, -0.25) is 0 Å². The Morgan fingerprint density at radius 1 is 0.383 bits per heavy atom. The van der Waals surface area contributed by atoms with Crippen molar-refractivity contribution in [1.82, 2.24) is 4.57 Å². The van der Waals surface area contributed by atoms with E-state index in [4.69, 9.17) is 0 Å². The molecule has 60 heavy (non-hydrogen) atoms. The third kappa shape index (κ3) is 6.49. The molecule has 0 bridgehead atoms. The van der Waals surface area contributed by atoms with Crippen molar-refractivity contribution in [3.05, 3.63) is 236 Å². The van der Waals surface area contributed by atoms with E-state index in [-0.39, 0.29) is 0 Å². The number of allylic oxidation sites excluding steroid dienone is 1. The second-order valence-corrected chi connectivity index (χ2v) is 15.7. The Morgan fingerprint density at radius 2 is 0.917 bits per heavy atom. The van der Waals surface area contributed by atoms with Crippen LogP contribution >= 0.6 is 0 Å². The lowest BCUT2D eigenvalue weighted by molar-refractivity contribution is 0.889. The van der Waals surface area contributed by atoms with Gasteiger partial charge in [0.1, 0.15) is 0 Å². The van der Waals surface area contributed by atoms with E-state index in [9.17, 15) is 0 Å². The van der Waals surface area contributed by atoms with Crippen molar-refractivity contribution < 1.29 is 0 Å². The molecular formula is C58H42N2. The molecule has 10 aromatic rings. The molecule has 1 aliphatic carbocycles. The first-order valence-electron chi connectivity index (χ1n) is 20.9. The number of rotatable bonds is 8. The normalized spacial score (nSPS) is 12.1. The third-order valence-corrected chi connectivity index (χ3v) is 12.1. The molecule has 284 valence electrons. The smallest absolute Gasteiger partial charge is 0.0543 e. The number of aromatic nitrogens is 1. The highest BCUT2D eigenvalue weighted by Gasteiger charge is 2.22. The van der Waals surface area contributed by atoms with E-state index in [1.165, 1.54) is 83.1 Å². The molecule has 0 saturated carbocycles. The number of hydrogen-bond acceptors (Lipinski definition) is 1. The number of fused-ring (bicyclic) bond motifs is 4. The predicted molar refractivity (Wildman–Crippen MR) is 255 cm³/mol. The molecule has 0 radical (unpaired) electrons. The van der Waals surface area contributed by atoms with E-state index in [0.717, 1.165) is 29.9 Å². The number of benzene rings is 9. The van der Waals surface area contributed by atoms with Crippen LogP contribution in [0.4, 0.5) is 17.1 Å². The van der Waals surface area contributed by atoms with Crippen LogP contribution in [0, 0.1) is 0 Å². The maximum atomic E-state index is 2.51. The Bertz CT molecular complexity index is 3160. The molecule has 1 aromatic heterocycles. The topological polar surface area (TPSA) is 8.17 Å². The van der Waals surface area contributed by atoms with Crippen LogP contribution in [0.3, 0.4) is 0 Å². The average Bonchev–Trinajstić information content (AvgIpc) is 3.67. The van der Waals surface area contributed by atoms with Gasteiger partial charge in [0, 0.05) is 39.4 Å². The maximum Gasteiger partial charge on any atom is 0.0543 e. The van der Waals surface area contributed by atoms with Crippen molar-refractivity contribution in [2.45, 2.75) is 12.8 Å². The first-order valence-corrected chi connectivity index (χ1v) is 20.9. The molecule has 0 saturated heterocycles.